The Hall–Kier alpha value is -2.28. The molecule has 0 aliphatic rings. The Balaban J connectivity index is 1.72. The van der Waals surface area contributed by atoms with Gasteiger partial charge in [-0.05, 0) is 41.6 Å². The van der Waals surface area contributed by atoms with Gasteiger partial charge in [-0.15, -0.1) is 11.3 Å². The van der Waals surface area contributed by atoms with Crippen molar-refractivity contribution in [2.45, 2.75) is 13.5 Å². The van der Waals surface area contributed by atoms with Crippen LogP contribution < -0.4 is 4.72 Å². The van der Waals surface area contributed by atoms with Gasteiger partial charge < -0.3 is 0 Å². The predicted molar refractivity (Wildman–Crippen MR) is 104 cm³/mol. The lowest BCUT2D eigenvalue weighted by Gasteiger charge is -2.07. The van der Waals surface area contributed by atoms with E-state index in [9.17, 15) is 8.42 Å². The van der Waals surface area contributed by atoms with E-state index in [2.05, 4.69) is 9.71 Å². The first-order chi connectivity index (χ1) is 12.0. The van der Waals surface area contributed by atoms with Gasteiger partial charge in [0, 0.05) is 18.1 Å². The van der Waals surface area contributed by atoms with Gasteiger partial charge in [-0.2, -0.15) is 0 Å². The Kier molecular flexibility index (Phi) is 5.43. The summed E-state index contributed by atoms with van der Waals surface area (Å²) in [7, 11) is -3.53. The van der Waals surface area contributed by atoms with Gasteiger partial charge in [0.25, 0.3) is 0 Å². The quantitative estimate of drug-likeness (QED) is 0.707. The summed E-state index contributed by atoms with van der Waals surface area (Å²) < 4.78 is 27.1. The first kappa shape index (κ1) is 17.5. The molecule has 2 aromatic heterocycles. The standard InChI is InChI=1S/C19H18N2O2S2/c1-15-6-8-16(9-7-15)10-13-25(22,23)21-14-17-4-2-11-20-19(17)18-5-3-12-24-18/h2-13,21H,14H2,1H3/b13-10+. The lowest BCUT2D eigenvalue weighted by molar-refractivity contribution is 0.591. The molecule has 0 fully saturated rings. The minimum atomic E-state index is -3.53. The monoisotopic (exact) mass is 370 g/mol. The number of thiophene rings is 1. The Morgan fingerprint density at radius 1 is 1.12 bits per heavy atom. The summed E-state index contributed by atoms with van der Waals surface area (Å²) in [6.45, 7) is 2.19. The Morgan fingerprint density at radius 3 is 2.64 bits per heavy atom. The van der Waals surface area contributed by atoms with Crippen LogP contribution in [0.5, 0.6) is 0 Å². The van der Waals surface area contributed by atoms with Crippen molar-refractivity contribution in [3.05, 3.63) is 82.2 Å². The highest BCUT2D eigenvalue weighted by Crippen LogP contribution is 2.25. The number of nitrogens with zero attached hydrogens (tertiary/aromatic N) is 1. The molecule has 4 nitrogen and oxygen atoms in total. The normalized spacial score (nSPS) is 11.9. The maximum atomic E-state index is 12.2. The van der Waals surface area contributed by atoms with Gasteiger partial charge in [-0.1, -0.05) is 42.0 Å². The smallest absolute Gasteiger partial charge is 0.234 e. The van der Waals surface area contributed by atoms with E-state index in [0.29, 0.717) is 0 Å². The first-order valence-corrected chi connectivity index (χ1v) is 10.2. The van der Waals surface area contributed by atoms with Crippen LogP contribution >= 0.6 is 11.3 Å². The molecule has 6 heteroatoms. The molecule has 3 rings (SSSR count). The van der Waals surface area contributed by atoms with Crippen molar-refractivity contribution in [2.75, 3.05) is 0 Å². The third-order valence-corrected chi connectivity index (χ3v) is 5.54. The molecular weight excluding hydrogens is 352 g/mol. The van der Waals surface area contributed by atoms with Crippen LogP contribution in [0.15, 0.2) is 65.5 Å². The van der Waals surface area contributed by atoms with Crippen LogP contribution in [0.2, 0.25) is 0 Å². The second-order valence-corrected chi connectivity index (χ2v) is 8.17. The third kappa shape index (κ3) is 4.85. The number of aryl methyl sites for hydroxylation is 1. The molecule has 0 saturated carbocycles. The van der Waals surface area contributed by atoms with Crippen LogP contribution in [0.3, 0.4) is 0 Å². The summed E-state index contributed by atoms with van der Waals surface area (Å²) >= 11 is 1.58. The second-order valence-electron chi connectivity index (χ2n) is 5.57. The molecule has 0 spiro atoms. The van der Waals surface area contributed by atoms with Crippen LogP contribution in [0.25, 0.3) is 16.6 Å². The Labute approximate surface area is 151 Å². The van der Waals surface area contributed by atoms with Gasteiger partial charge in [-0.25, -0.2) is 13.1 Å². The van der Waals surface area contributed by atoms with Gasteiger partial charge in [0.2, 0.25) is 10.0 Å². The molecule has 0 amide bonds. The predicted octanol–water partition coefficient (Wildman–Crippen LogP) is 4.21. The van der Waals surface area contributed by atoms with Crippen molar-refractivity contribution in [3.8, 4) is 10.6 Å². The van der Waals surface area contributed by atoms with E-state index in [0.717, 1.165) is 27.3 Å². The molecule has 0 saturated heterocycles. The van der Waals surface area contributed by atoms with Crippen LogP contribution in [-0.2, 0) is 16.6 Å². The molecule has 1 aromatic carbocycles. The molecule has 0 bridgehead atoms. The Morgan fingerprint density at radius 2 is 1.92 bits per heavy atom. The number of benzene rings is 1. The maximum Gasteiger partial charge on any atom is 0.234 e. The summed E-state index contributed by atoms with van der Waals surface area (Å²) in [5.74, 6) is 0. The van der Waals surface area contributed by atoms with Gasteiger partial charge in [0.1, 0.15) is 0 Å². The number of aromatic nitrogens is 1. The molecule has 3 aromatic rings. The first-order valence-electron chi connectivity index (χ1n) is 7.76. The fourth-order valence-electron chi connectivity index (χ4n) is 2.29. The molecule has 0 atom stereocenters. The van der Waals surface area contributed by atoms with Crippen LogP contribution in [-0.4, -0.2) is 13.4 Å². The van der Waals surface area contributed by atoms with E-state index in [1.54, 1.807) is 23.6 Å². The molecule has 0 aliphatic heterocycles. The van der Waals surface area contributed by atoms with E-state index < -0.39 is 10.0 Å². The number of nitrogens with one attached hydrogen (secondary N) is 1. The average molecular weight is 370 g/mol. The molecule has 25 heavy (non-hydrogen) atoms. The zero-order valence-electron chi connectivity index (χ0n) is 13.7. The Bertz CT molecular complexity index is 961. The zero-order valence-corrected chi connectivity index (χ0v) is 15.3. The zero-order chi connectivity index (χ0) is 17.7. The molecule has 0 unspecified atom stereocenters. The van der Waals surface area contributed by atoms with Crippen molar-refractivity contribution < 1.29 is 8.42 Å². The van der Waals surface area contributed by atoms with Crippen molar-refractivity contribution >= 4 is 27.4 Å². The van der Waals surface area contributed by atoms with E-state index >= 15 is 0 Å². The van der Waals surface area contributed by atoms with Crippen molar-refractivity contribution in [3.63, 3.8) is 0 Å². The summed E-state index contributed by atoms with van der Waals surface area (Å²) in [5.41, 5.74) is 3.63. The summed E-state index contributed by atoms with van der Waals surface area (Å²) in [6, 6.07) is 15.3. The topological polar surface area (TPSA) is 59.1 Å². The lowest BCUT2D eigenvalue weighted by atomic mass is 10.2. The number of rotatable bonds is 6. The molecule has 2 heterocycles. The molecule has 128 valence electrons. The third-order valence-electron chi connectivity index (χ3n) is 3.63. The van der Waals surface area contributed by atoms with Crippen LogP contribution in [0.4, 0.5) is 0 Å². The largest absolute Gasteiger partial charge is 0.255 e. The summed E-state index contributed by atoms with van der Waals surface area (Å²) in [5, 5.41) is 3.17. The highest BCUT2D eigenvalue weighted by Gasteiger charge is 2.10. The maximum absolute atomic E-state index is 12.2. The molecule has 0 radical (unpaired) electrons. The van der Waals surface area contributed by atoms with E-state index in [1.807, 2.05) is 60.8 Å². The molecular formula is C19H18N2O2S2. The summed E-state index contributed by atoms with van der Waals surface area (Å²) in [4.78, 5) is 5.40. The summed E-state index contributed by atoms with van der Waals surface area (Å²) in [6.07, 6.45) is 3.30. The number of hydrogen-bond acceptors (Lipinski definition) is 4. The van der Waals surface area contributed by atoms with Crippen LogP contribution in [0, 0.1) is 6.92 Å². The molecule has 0 aliphatic carbocycles. The van der Waals surface area contributed by atoms with Gasteiger partial charge in [-0.3, -0.25) is 4.98 Å². The lowest BCUT2D eigenvalue weighted by Crippen LogP contribution is -2.21. The number of sulfonamides is 1. The van der Waals surface area contributed by atoms with Gasteiger partial charge >= 0.3 is 0 Å². The average Bonchev–Trinajstić information content (AvgIpc) is 3.14. The minimum absolute atomic E-state index is 0.196. The highest BCUT2D eigenvalue weighted by molar-refractivity contribution is 7.92. The number of pyridine rings is 1. The fourth-order valence-corrected chi connectivity index (χ4v) is 3.83. The van der Waals surface area contributed by atoms with Crippen molar-refractivity contribution in [1.82, 2.24) is 9.71 Å². The van der Waals surface area contributed by atoms with Gasteiger partial charge in [0.15, 0.2) is 0 Å². The highest BCUT2D eigenvalue weighted by atomic mass is 32.2. The van der Waals surface area contributed by atoms with E-state index in [4.69, 9.17) is 0 Å². The van der Waals surface area contributed by atoms with Gasteiger partial charge in [0.05, 0.1) is 10.6 Å². The second kappa shape index (κ2) is 7.74. The van der Waals surface area contributed by atoms with Crippen molar-refractivity contribution in [1.29, 1.82) is 0 Å². The molecule has 1 N–H and O–H groups in total. The fraction of sp³-hybridized carbons (Fsp3) is 0.105. The van der Waals surface area contributed by atoms with E-state index in [1.165, 1.54) is 5.41 Å². The minimum Gasteiger partial charge on any atom is -0.255 e. The SMILES string of the molecule is Cc1ccc(/C=C/S(=O)(=O)NCc2cccnc2-c2cccs2)cc1. The van der Waals surface area contributed by atoms with Crippen LogP contribution in [0.1, 0.15) is 16.7 Å². The van der Waals surface area contributed by atoms with E-state index in [-0.39, 0.29) is 6.54 Å². The van der Waals surface area contributed by atoms with Crippen molar-refractivity contribution in [2.24, 2.45) is 0 Å². The number of hydrogen-bond donors (Lipinski definition) is 1.